The molecule has 0 aliphatic rings. The average Bonchev–Trinajstić information content (AvgIpc) is 3.24. The van der Waals surface area contributed by atoms with Crippen LogP contribution in [0.3, 0.4) is 0 Å². The van der Waals surface area contributed by atoms with Crippen molar-refractivity contribution in [3.05, 3.63) is 59.3 Å². The predicted octanol–water partition coefficient (Wildman–Crippen LogP) is 3.03. The van der Waals surface area contributed by atoms with E-state index in [-0.39, 0.29) is 11.6 Å². The van der Waals surface area contributed by atoms with Crippen LogP contribution in [0.1, 0.15) is 19.8 Å². The highest BCUT2D eigenvalue weighted by atomic mass is 16.2. The molecule has 4 rings (SSSR count). The van der Waals surface area contributed by atoms with Crippen molar-refractivity contribution in [3.63, 3.8) is 0 Å². The summed E-state index contributed by atoms with van der Waals surface area (Å²) in [5.74, 6) is 0. The van der Waals surface area contributed by atoms with E-state index in [1.165, 1.54) is 9.25 Å². The summed E-state index contributed by atoms with van der Waals surface area (Å²) in [6, 6.07) is 9.15. The monoisotopic (exact) mass is 349 g/mol. The molecule has 0 aliphatic heterocycles. The van der Waals surface area contributed by atoms with Crippen LogP contribution in [0.5, 0.6) is 0 Å². The van der Waals surface area contributed by atoms with Crippen LogP contribution < -0.4 is 10.9 Å². The summed E-state index contributed by atoms with van der Waals surface area (Å²) < 4.78 is 2.97. The van der Waals surface area contributed by atoms with Crippen molar-refractivity contribution < 1.29 is 4.79 Å². The summed E-state index contributed by atoms with van der Waals surface area (Å²) >= 11 is 0. The van der Waals surface area contributed by atoms with Gasteiger partial charge in [-0.3, -0.25) is 19.4 Å². The van der Waals surface area contributed by atoms with E-state index in [0.717, 1.165) is 23.9 Å². The Labute approximate surface area is 149 Å². The Morgan fingerprint density at radius 1 is 1.19 bits per heavy atom. The van der Waals surface area contributed by atoms with E-state index in [2.05, 4.69) is 22.3 Å². The average molecular weight is 349 g/mol. The van der Waals surface area contributed by atoms with E-state index in [0.29, 0.717) is 23.0 Å². The molecule has 2 N–H and O–H groups in total. The van der Waals surface area contributed by atoms with Gasteiger partial charge in [-0.25, -0.2) is 9.48 Å². The molecule has 0 unspecified atom stereocenters. The van der Waals surface area contributed by atoms with Crippen LogP contribution in [0, 0.1) is 0 Å². The number of rotatable bonds is 4. The fourth-order valence-corrected chi connectivity index (χ4v) is 2.99. The summed E-state index contributed by atoms with van der Waals surface area (Å²) in [7, 11) is 0. The molecule has 7 heteroatoms. The van der Waals surface area contributed by atoms with Crippen LogP contribution in [0.25, 0.3) is 27.5 Å². The Kier molecular flexibility index (Phi) is 4.04. The minimum absolute atomic E-state index is 0.166. The molecule has 3 heterocycles. The highest BCUT2D eigenvalue weighted by molar-refractivity contribution is 6.04. The third-order valence-electron chi connectivity index (χ3n) is 4.39. The maximum atomic E-state index is 12.7. The van der Waals surface area contributed by atoms with Gasteiger partial charge < -0.3 is 5.32 Å². The number of hydrogen-bond acceptors (Lipinski definition) is 3. The van der Waals surface area contributed by atoms with Crippen molar-refractivity contribution in [2.45, 2.75) is 19.8 Å². The number of hydrogen-bond donors (Lipinski definition) is 2. The standard InChI is InChI=1S/C19H19N5O2/c1-2-3-9-20-19(26)23-11-15-16(12-23)21-10-14-17(15)22-24(18(14)25)13-7-5-4-6-8-13/h4-8,10-12,22H,2-3,9H2,1H3,(H,20,26). The van der Waals surface area contributed by atoms with Crippen LogP contribution in [0.2, 0.25) is 0 Å². The minimum atomic E-state index is -0.200. The molecule has 4 aromatic rings. The van der Waals surface area contributed by atoms with Crippen molar-refractivity contribution in [2.24, 2.45) is 0 Å². The largest absolute Gasteiger partial charge is 0.337 e. The molecule has 0 spiro atoms. The van der Waals surface area contributed by atoms with Gasteiger partial charge in [0.2, 0.25) is 0 Å². The molecule has 0 radical (unpaired) electrons. The number of nitrogens with one attached hydrogen (secondary N) is 2. The molecule has 0 aliphatic carbocycles. The van der Waals surface area contributed by atoms with Gasteiger partial charge >= 0.3 is 6.03 Å². The molecule has 1 aromatic carbocycles. The topological polar surface area (TPSA) is 84.7 Å². The molecule has 0 bridgehead atoms. The zero-order valence-corrected chi connectivity index (χ0v) is 14.4. The Morgan fingerprint density at radius 2 is 2.00 bits per heavy atom. The van der Waals surface area contributed by atoms with Crippen molar-refractivity contribution in [1.29, 1.82) is 0 Å². The highest BCUT2D eigenvalue weighted by Crippen LogP contribution is 2.21. The number of amides is 1. The fourth-order valence-electron chi connectivity index (χ4n) is 2.99. The molecule has 0 saturated heterocycles. The first-order valence-corrected chi connectivity index (χ1v) is 8.64. The number of nitrogens with zero attached hydrogens (tertiary/aromatic N) is 3. The fraction of sp³-hybridized carbons (Fsp3) is 0.211. The number of H-pyrrole nitrogens is 1. The van der Waals surface area contributed by atoms with E-state index in [1.807, 2.05) is 30.3 Å². The maximum absolute atomic E-state index is 12.7. The summed E-state index contributed by atoms with van der Waals surface area (Å²) in [4.78, 5) is 29.3. The molecule has 3 aromatic heterocycles. The van der Waals surface area contributed by atoms with Crippen molar-refractivity contribution in [3.8, 4) is 5.69 Å². The summed E-state index contributed by atoms with van der Waals surface area (Å²) in [5.41, 5.74) is 1.91. The van der Waals surface area contributed by atoms with Gasteiger partial charge in [0.25, 0.3) is 5.56 Å². The van der Waals surface area contributed by atoms with Crippen LogP contribution >= 0.6 is 0 Å². The van der Waals surface area contributed by atoms with E-state index < -0.39 is 0 Å². The number of pyridine rings is 1. The predicted molar refractivity (Wildman–Crippen MR) is 101 cm³/mol. The molecular formula is C19H19N5O2. The number of aromatic nitrogens is 4. The second-order valence-electron chi connectivity index (χ2n) is 6.18. The van der Waals surface area contributed by atoms with Crippen molar-refractivity contribution in [1.82, 2.24) is 24.6 Å². The van der Waals surface area contributed by atoms with Gasteiger partial charge in [-0.2, -0.15) is 0 Å². The minimum Gasteiger partial charge on any atom is -0.337 e. The first-order valence-electron chi connectivity index (χ1n) is 8.64. The number of unbranched alkanes of at least 4 members (excludes halogenated alkanes) is 1. The second-order valence-corrected chi connectivity index (χ2v) is 6.18. The zero-order chi connectivity index (χ0) is 18.1. The summed E-state index contributed by atoms with van der Waals surface area (Å²) in [6.07, 6.45) is 6.88. The van der Waals surface area contributed by atoms with E-state index in [9.17, 15) is 9.59 Å². The first-order chi connectivity index (χ1) is 12.7. The Morgan fingerprint density at radius 3 is 2.77 bits per heavy atom. The summed E-state index contributed by atoms with van der Waals surface area (Å²) in [6.45, 7) is 2.71. The van der Waals surface area contributed by atoms with Gasteiger partial charge in [-0.1, -0.05) is 31.5 Å². The van der Waals surface area contributed by atoms with Gasteiger partial charge in [0.1, 0.15) is 0 Å². The third kappa shape index (κ3) is 2.67. The smallest absolute Gasteiger partial charge is 0.325 e. The molecule has 1 amide bonds. The molecule has 26 heavy (non-hydrogen) atoms. The second kappa shape index (κ2) is 6.51. The van der Waals surface area contributed by atoms with Crippen molar-refractivity contribution >= 4 is 27.8 Å². The SMILES string of the molecule is CCCCNC(=O)n1cc2ncc3c(=O)n(-c4ccccc4)[nH]c3c2c1. The lowest BCUT2D eigenvalue weighted by molar-refractivity contribution is 0.242. The van der Waals surface area contributed by atoms with Gasteiger partial charge in [0.15, 0.2) is 0 Å². The van der Waals surface area contributed by atoms with E-state index in [1.54, 1.807) is 18.6 Å². The van der Waals surface area contributed by atoms with Gasteiger partial charge in [-0.15, -0.1) is 0 Å². The Balaban J connectivity index is 1.80. The van der Waals surface area contributed by atoms with Crippen LogP contribution in [0.15, 0.2) is 53.7 Å². The Hall–Kier alpha value is -3.35. The lowest BCUT2D eigenvalue weighted by atomic mass is 10.2. The molecule has 7 nitrogen and oxygen atoms in total. The number of benzene rings is 1. The van der Waals surface area contributed by atoms with Crippen molar-refractivity contribution in [2.75, 3.05) is 6.54 Å². The molecule has 132 valence electrons. The lowest BCUT2D eigenvalue weighted by Gasteiger charge is -2.03. The van der Waals surface area contributed by atoms with E-state index >= 15 is 0 Å². The number of para-hydroxylation sites is 1. The molecule has 0 fully saturated rings. The maximum Gasteiger partial charge on any atom is 0.325 e. The Bertz CT molecular complexity index is 1140. The van der Waals surface area contributed by atoms with E-state index in [4.69, 9.17) is 0 Å². The first kappa shape index (κ1) is 16.1. The highest BCUT2D eigenvalue weighted by Gasteiger charge is 2.15. The number of carbonyl (C=O) groups excluding carboxylic acids is 1. The lowest BCUT2D eigenvalue weighted by Crippen LogP contribution is -2.28. The van der Waals surface area contributed by atoms with Gasteiger partial charge in [-0.05, 0) is 18.6 Å². The third-order valence-corrected chi connectivity index (χ3v) is 4.39. The summed E-state index contributed by atoms with van der Waals surface area (Å²) in [5, 5.41) is 7.24. The van der Waals surface area contributed by atoms with Gasteiger partial charge in [0.05, 0.1) is 22.1 Å². The number of aromatic amines is 1. The number of carbonyl (C=O) groups is 1. The van der Waals surface area contributed by atoms with Crippen LogP contribution in [0.4, 0.5) is 4.79 Å². The number of fused-ring (bicyclic) bond motifs is 3. The normalized spacial score (nSPS) is 11.3. The van der Waals surface area contributed by atoms with Crippen LogP contribution in [-0.4, -0.2) is 31.9 Å². The molecule has 0 saturated carbocycles. The zero-order valence-electron chi connectivity index (χ0n) is 14.4. The molecule has 0 atom stereocenters. The molecular weight excluding hydrogens is 330 g/mol. The van der Waals surface area contributed by atoms with Gasteiger partial charge in [0, 0.05) is 30.5 Å². The quantitative estimate of drug-likeness (QED) is 0.555. The van der Waals surface area contributed by atoms with Crippen LogP contribution in [-0.2, 0) is 0 Å².